The molecule has 1 aliphatic heterocycles. The Kier molecular flexibility index (Phi) is 4.62. The van der Waals surface area contributed by atoms with Crippen LogP contribution in [0.25, 0.3) is 0 Å². The number of aromatic nitrogens is 2. The molecule has 21 heavy (non-hydrogen) atoms. The van der Waals surface area contributed by atoms with Crippen LogP contribution in [0.3, 0.4) is 0 Å². The quantitative estimate of drug-likeness (QED) is 0.511. The Morgan fingerprint density at radius 3 is 2.86 bits per heavy atom. The van der Waals surface area contributed by atoms with Gasteiger partial charge in [-0.15, -0.1) is 0 Å². The number of rotatable bonds is 4. The van der Waals surface area contributed by atoms with Gasteiger partial charge in [-0.2, -0.15) is 0 Å². The van der Waals surface area contributed by atoms with Gasteiger partial charge in [0.25, 0.3) is 5.56 Å². The summed E-state index contributed by atoms with van der Waals surface area (Å²) in [5.74, 6) is 0. The molecular weight excluding hydrogens is 301 g/mol. The van der Waals surface area contributed by atoms with E-state index < -0.39 is 43.7 Å². The first-order chi connectivity index (χ1) is 9.67. The van der Waals surface area contributed by atoms with Crippen molar-refractivity contribution in [2.24, 2.45) is 5.73 Å². The summed E-state index contributed by atoms with van der Waals surface area (Å²) in [6.07, 6.45) is 0.0566. The molecule has 1 saturated heterocycles. The largest absolute Gasteiger partial charge is 0.660 e. The standard InChI is InChI=1S/C11H18N3O6P/c1-6-5-14(11(16)13-10(6)15)9-4-7(12)8(20-9)2-3-21(17,18)19/h5,7-9H,2-4,12H2,1H3,(H,13,15,16)(H2,17,18,19)/p-1/t7-,8+,9+/m0/s1. The summed E-state index contributed by atoms with van der Waals surface area (Å²) in [4.78, 5) is 55.6. The second kappa shape index (κ2) is 5.96. The number of ether oxygens (including phenoxy) is 1. The summed E-state index contributed by atoms with van der Waals surface area (Å²) in [7, 11) is -4.36. The molecule has 0 aliphatic carbocycles. The Morgan fingerprint density at radius 2 is 2.24 bits per heavy atom. The molecule has 1 aliphatic rings. The van der Waals surface area contributed by atoms with Gasteiger partial charge >= 0.3 is 5.69 Å². The third-order valence-corrected chi connectivity index (χ3v) is 4.26. The van der Waals surface area contributed by atoms with Gasteiger partial charge in [-0.1, -0.05) is 0 Å². The molecule has 9 nitrogen and oxygen atoms in total. The van der Waals surface area contributed by atoms with Crippen molar-refractivity contribution < 1.29 is 19.4 Å². The highest BCUT2D eigenvalue weighted by molar-refractivity contribution is 7.55. The van der Waals surface area contributed by atoms with E-state index in [0.29, 0.717) is 12.0 Å². The number of nitrogens with two attached hydrogens (primary N) is 1. The van der Waals surface area contributed by atoms with Crippen molar-refractivity contribution in [1.29, 1.82) is 0 Å². The van der Waals surface area contributed by atoms with Gasteiger partial charge in [-0.05, 0) is 6.92 Å². The number of nitrogens with zero attached hydrogens (tertiary/aromatic N) is 1. The molecule has 3 atom stereocenters. The van der Waals surface area contributed by atoms with E-state index in [1.807, 2.05) is 0 Å². The summed E-state index contributed by atoms with van der Waals surface area (Å²) in [6, 6.07) is -0.458. The summed E-state index contributed by atoms with van der Waals surface area (Å²) < 4.78 is 6.80. The second-order valence-electron chi connectivity index (χ2n) is 5.16. The number of H-pyrrole nitrogens is 1. The smallest absolute Gasteiger partial charge is 0.330 e. The lowest BCUT2D eigenvalue weighted by atomic mass is 10.1. The van der Waals surface area contributed by atoms with E-state index in [-0.39, 0.29) is 6.42 Å². The maximum Gasteiger partial charge on any atom is 0.330 e. The molecule has 0 radical (unpaired) electrons. The van der Waals surface area contributed by atoms with Gasteiger partial charge in [0.05, 0.1) is 12.3 Å². The van der Waals surface area contributed by atoms with Crippen molar-refractivity contribution in [3.8, 4) is 0 Å². The van der Waals surface area contributed by atoms with Crippen LogP contribution in [-0.4, -0.2) is 32.8 Å². The Hall–Kier alpha value is -1.09. The molecular formula is C11H17N3O6P-. The van der Waals surface area contributed by atoms with Gasteiger partial charge in [0.1, 0.15) is 6.23 Å². The van der Waals surface area contributed by atoms with Crippen molar-refractivity contribution >= 4 is 7.94 Å². The summed E-state index contributed by atoms with van der Waals surface area (Å²) in [6.45, 7) is 1.56. The highest BCUT2D eigenvalue weighted by Gasteiger charge is 2.35. The normalized spacial score (nSPS) is 26.2. The van der Waals surface area contributed by atoms with Crippen LogP contribution in [0.2, 0.25) is 0 Å². The number of hydrogen-bond acceptors (Lipinski definition) is 7. The zero-order valence-electron chi connectivity index (χ0n) is 11.4. The van der Waals surface area contributed by atoms with Crippen LogP contribution < -0.4 is 26.8 Å². The molecule has 2 rings (SSSR count). The lowest BCUT2D eigenvalue weighted by Crippen LogP contribution is -2.33. The topological polar surface area (TPSA) is 156 Å². The summed E-state index contributed by atoms with van der Waals surface area (Å²) >= 11 is 0. The van der Waals surface area contributed by atoms with Crippen LogP contribution in [0.4, 0.5) is 0 Å². The Morgan fingerprint density at radius 1 is 1.57 bits per heavy atom. The predicted molar refractivity (Wildman–Crippen MR) is 71.2 cm³/mol. The molecule has 0 bridgehead atoms. The fraction of sp³-hybridized carbons (Fsp3) is 0.636. The van der Waals surface area contributed by atoms with E-state index in [4.69, 9.17) is 15.4 Å². The third kappa shape index (κ3) is 3.97. The highest BCUT2D eigenvalue weighted by atomic mass is 31.2. The van der Waals surface area contributed by atoms with Crippen molar-refractivity contribution in [2.75, 3.05) is 6.16 Å². The molecule has 10 heteroatoms. The average Bonchev–Trinajstić information content (AvgIpc) is 2.72. The molecule has 4 N–H and O–H groups in total. The fourth-order valence-corrected chi connectivity index (χ4v) is 2.88. The van der Waals surface area contributed by atoms with Gasteiger partial charge in [0, 0.05) is 38.6 Å². The SMILES string of the molecule is Cc1cn([C@H]2C[C@H](N)[C@@H](CC[P+]([O-])([O-])O)O2)c(=O)[nH]c1=O. The molecule has 0 unspecified atom stereocenters. The van der Waals surface area contributed by atoms with Gasteiger partial charge in [-0.3, -0.25) is 19.2 Å². The van der Waals surface area contributed by atoms with Crippen molar-refractivity contribution in [2.45, 2.75) is 38.1 Å². The van der Waals surface area contributed by atoms with E-state index in [1.54, 1.807) is 6.92 Å². The van der Waals surface area contributed by atoms with E-state index in [2.05, 4.69) is 4.98 Å². The first-order valence-corrected chi connectivity index (χ1v) is 8.19. The van der Waals surface area contributed by atoms with Crippen LogP contribution in [0.5, 0.6) is 0 Å². The minimum absolute atomic E-state index is 0.0476. The van der Waals surface area contributed by atoms with Crippen molar-refractivity contribution in [1.82, 2.24) is 9.55 Å². The zero-order chi connectivity index (χ0) is 15.8. The molecule has 118 valence electrons. The van der Waals surface area contributed by atoms with Crippen molar-refractivity contribution in [3.63, 3.8) is 0 Å². The first-order valence-electron chi connectivity index (χ1n) is 6.43. The number of aromatic amines is 1. The van der Waals surface area contributed by atoms with Gasteiger partial charge < -0.3 is 20.3 Å². The number of nitrogens with one attached hydrogen (secondary N) is 1. The fourth-order valence-electron chi connectivity index (χ4n) is 2.29. The van der Waals surface area contributed by atoms with Crippen LogP contribution in [0.15, 0.2) is 15.8 Å². The monoisotopic (exact) mass is 318 g/mol. The molecule has 0 saturated carbocycles. The first kappa shape index (κ1) is 16.3. The number of hydrogen-bond donors (Lipinski definition) is 3. The minimum Gasteiger partial charge on any atom is -0.660 e. The van der Waals surface area contributed by atoms with Gasteiger partial charge in [-0.25, -0.2) is 4.79 Å². The zero-order valence-corrected chi connectivity index (χ0v) is 12.3. The van der Waals surface area contributed by atoms with Crippen LogP contribution in [0.1, 0.15) is 24.6 Å². The Labute approximate surface area is 120 Å². The van der Waals surface area contributed by atoms with Gasteiger partial charge in [0.15, 0.2) is 0 Å². The lowest BCUT2D eigenvalue weighted by molar-refractivity contribution is -0.331. The maximum absolute atomic E-state index is 11.8. The highest BCUT2D eigenvalue weighted by Crippen LogP contribution is 2.37. The van der Waals surface area contributed by atoms with Crippen LogP contribution in [0, 0.1) is 6.92 Å². The Balaban J connectivity index is 2.12. The van der Waals surface area contributed by atoms with Gasteiger partial charge in [0.2, 0.25) is 0 Å². The number of aryl methyl sites for hydroxylation is 1. The van der Waals surface area contributed by atoms with Crippen molar-refractivity contribution in [3.05, 3.63) is 32.6 Å². The maximum atomic E-state index is 11.8. The van der Waals surface area contributed by atoms with E-state index in [0.717, 1.165) is 0 Å². The van der Waals surface area contributed by atoms with E-state index in [9.17, 15) is 19.4 Å². The molecule has 1 aromatic heterocycles. The second-order valence-corrected chi connectivity index (χ2v) is 6.88. The predicted octanol–water partition coefficient (Wildman–Crippen LogP) is -2.67. The molecule has 2 heterocycles. The molecule has 0 amide bonds. The summed E-state index contributed by atoms with van der Waals surface area (Å²) in [5, 5.41) is 0. The Bertz CT molecular complexity index is 622. The van der Waals surface area contributed by atoms with E-state index in [1.165, 1.54) is 10.8 Å². The lowest BCUT2D eigenvalue weighted by Gasteiger charge is -2.29. The minimum atomic E-state index is -4.36. The average molecular weight is 318 g/mol. The molecule has 0 spiro atoms. The summed E-state index contributed by atoms with van der Waals surface area (Å²) in [5.41, 5.74) is 5.14. The molecule has 0 aromatic carbocycles. The van der Waals surface area contributed by atoms with E-state index >= 15 is 0 Å². The molecule has 1 fully saturated rings. The molecule has 1 aromatic rings. The van der Waals surface area contributed by atoms with Crippen LogP contribution in [-0.2, 0) is 4.74 Å². The van der Waals surface area contributed by atoms with Crippen LogP contribution >= 0.6 is 7.94 Å². The third-order valence-electron chi connectivity index (χ3n) is 3.44.